The van der Waals surface area contributed by atoms with Crippen LogP contribution in [0.3, 0.4) is 0 Å². The van der Waals surface area contributed by atoms with Gasteiger partial charge in [0.2, 0.25) is 0 Å². The second-order valence-corrected chi connectivity index (χ2v) is 5.09. The molecule has 5 nitrogen and oxygen atoms in total. The van der Waals surface area contributed by atoms with E-state index in [9.17, 15) is 9.59 Å². The van der Waals surface area contributed by atoms with Crippen molar-refractivity contribution in [1.82, 2.24) is 10.3 Å². The van der Waals surface area contributed by atoms with Gasteiger partial charge < -0.3 is 10.4 Å². The largest absolute Gasteiger partial charge is 0.481 e. The molecule has 1 aromatic rings. The predicted molar refractivity (Wildman–Crippen MR) is 70.1 cm³/mol. The van der Waals surface area contributed by atoms with Gasteiger partial charge in [0.1, 0.15) is 10.8 Å². The molecule has 0 radical (unpaired) electrons. The molecule has 1 aliphatic carbocycles. The summed E-state index contributed by atoms with van der Waals surface area (Å²) in [5.41, 5.74) is 0.285. The minimum absolute atomic E-state index is 0.0175. The van der Waals surface area contributed by atoms with Gasteiger partial charge in [-0.2, -0.15) is 0 Å². The summed E-state index contributed by atoms with van der Waals surface area (Å²) in [5, 5.41) is 12.1. The summed E-state index contributed by atoms with van der Waals surface area (Å²) in [6.07, 6.45) is 2.57. The molecule has 102 valence electrons. The monoisotopic (exact) mass is 282 g/mol. The number of carbonyl (C=O) groups excluding carboxylic acids is 1. The van der Waals surface area contributed by atoms with Gasteiger partial charge in [0, 0.05) is 6.04 Å². The lowest BCUT2D eigenvalue weighted by Crippen LogP contribution is -2.39. The Morgan fingerprint density at radius 1 is 1.26 bits per heavy atom. The maximum Gasteiger partial charge on any atom is 0.306 e. The first-order valence-electron chi connectivity index (χ1n) is 6.22. The summed E-state index contributed by atoms with van der Waals surface area (Å²) in [6, 6.07) is 4.90. The van der Waals surface area contributed by atoms with E-state index in [1.807, 2.05) is 0 Å². The molecule has 0 aliphatic heterocycles. The summed E-state index contributed by atoms with van der Waals surface area (Å²) in [6.45, 7) is 0. The van der Waals surface area contributed by atoms with Crippen molar-refractivity contribution in [2.45, 2.75) is 31.7 Å². The number of hydrogen-bond donors (Lipinski definition) is 2. The standard InChI is InChI=1S/C13H15ClN2O3/c14-11-3-1-2-10(16-11)12(17)15-9-6-4-8(5-7-9)13(18)19/h1-3,8-9H,4-7H2,(H,15,17)(H,18,19). The van der Waals surface area contributed by atoms with Crippen LogP contribution in [0, 0.1) is 5.92 Å². The van der Waals surface area contributed by atoms with E-state index in [2.05, 4.69) is 10.3 Å². The van der Waals surface area contributed by atoms with Crippen LogP contribution in [-0.4, -0.2) is 28.0 Å². The summed E-state index contributed by atoms with van der Waals surface area (Å²) < 4.78 is 0. The normalized spacial score (nSPS) is 22.8. The zero-order valence-corrected chi connectivity index (χ0v) is 11.1. The van der Waals surface area contributed by atoms with Crippen LogP contribution in [-0.2, 0) is 4.79 Å². The van der Waals surface area contributed by atoms with Crippen LogP contribution in [0.2, 0.25) is 5.15 Å². The molecule has 1 fully saturated rings. The molecule has 0 saturated heterocycles. The molecule has 2 rings (SSSR count). The van der Waals surface area contributed by atoms with Gasteiger partial charge in [-0.05, 0) is 37.8 Å². The van der Waals surface area contributed by atoms with Gasteiger partial charge in [-0.25, -0.2) is 4.98 Å². The third kappa shape index (κ3) is 3.67. The molecule has 0 bridgehead atoms. The third-order valence-electron chi connectivity index (χ3n) is 3.36. The fraction of sp³-hybridized carbons (Fsp3) is 0.462. The molecule has 1 aliphatic rings. The number of amides is 1. The second kappa shape index (κ2) is 6.02. The van der Waals surface area contributed by atoms with Crippen molar-refractivity contribution in [3.05, 3.63) is 29.0 Å². The van der Waals surface area contributed by atoms with E-state index in [1.54, 1.807) is 18.2 Å². The van der Waals surface area contributed by atoms with Crippen molar-refractivity contribution in [3.8, 4) is 0 Å². The smallest absolute Gasteiger partial charge is 0.306 e. The quantitative estimate of drug-likeness (QED) is 0.832. The molecular weight excluding hydrogens is 268 g/mol. The van der Waals surface area contributed by atoms with E-state index in [4.69, 9.17) is 16.7 Å². The SMILES string of the molecule is O=C(NC1CCC(C(=O)O)CC1)c1cccc(Cl)n1. The lowest BCUT2D eigenvalue weighted by atomic mass is 9.86. The zero-order valence-electron chi connectivity index (χ0n) is 10.3. The Morgan fingerprint density at radius 3 is 2.53 bits per heavy atom. The van der Waals surface area contributed by atoms with Gasteiger partial charge in [-0.15, -0.1) is 0 Å². The number of hydrogen-bond acceptors (Lipinski definition) is 3. The highest BCUT2D eigenvalue weighted by atomic mass is 35.5. The number of aromatic nitrogens is 1. The lowest BCUT2D eigenvalue weighted by molar-refractivity contribution is -0.142. The first kappa shape index (κ1) is 13.8. The fourth-order valence-corrected chi connectivity index (χ4v) is 2.44. The van der Waals surface area contributed by atoms with Gasteiger partial charge in [0.05, 0.1) is 5.92 Å². The number of nitrogens with one attached hydrogen (secondary N) is 1. The van der Waals surface area contributed by atoms with Crippen molar-refractivity contribution >= 4 is 23.5 Å². The van der Waals surface area contributed by atoms with E-state index < -0.39 is 5.97 Å². The highest BCUT2D eigenvalue weighted by Crippen LogP contribution is 2.24. The molecule has 1 saturated carbocycles. The summed E-state index contributed by atoms with van der Waals surface area (Å²) in [4.78, 5) is 26.7. The molecule has 19 heavy (non-hydrogen) atoms. The Balaban J connectivity index is 1.89. The molecule has 1 heterocycles. The van der Waals surface area contributed by atoms with Crippen LogP contribution in [0.5, 0.6) is 0 Å². The molecule has 0 unspecified atom stereocenters. The van der Waals surface area contributed by atoms with Crippen LogP contribution < -0.4 is 5.32 Å². The molecule has 1 aromatic heterocycles. The first-order chi connectivity index (χ1) is 9.06. The maximum atomic E-state index is 11.9. The number of rotatable bonds is 3. The van der Waals surface area contributed by atoms with Crippen LogP contribution in [0.15, 0.2) is 18.2 Å². The Bertz CT molecular complexity index is 485. The van der Waals surface area contributed by atoms with Gasteiger partial charge >= 0.3 is 5.97 Å². The van der Waals surface area contributed by atoms with Gasteiger partial charge in [0.15, 0.2) is 0 Å². The van der Waals surface area contributed by atoms with E-state index >= 15 is 0 Å². The molecule has 2 N–H and O–H groups in total. The Kier molecular flexibility index (Phi) is 4.37. The lowest BCUT2D eigenvalue weighted by Gasteiger charge is -2.26. The average Bonchev–Trinajstić information content (AvgIpc) is 2.39. The molecule has 0 aromatic carbocycles. The van der Waals surface area contributed by atoms with E-state index in [-0.39, 0.29) is 28.7 Å². The fourth-order valence-electron chi connectivity index (χ4n) is 2.28. The Labute approximate surface area is 116 Å². The van der Waals surface area contributed by atoms with E-state index in [0.29, 0.717) is 25.7 Å². The summed E-state index contributed by atoms with van der Waals surface area (Å²) >= 11 is 5.73. The number of carboxylic acids is 1. The van der Waals surface area contributed by atoms with Crippen molar-refractivity contribution in [1.29, 1.82) is 0 Å². The van der Waals surface area contributed by atoms with Gasteiger partial charge in [0.25, 0.3) is 5.91 Å². The van der Waals surface area contributed by atoms with Crippen molar-refractivity contribution in [2.75, 3.05) is 0 Å². The van der Waals surface area contributed by atoms with Crippen LogP contribution in [0.1, 0.15) is 36.2 Å². The van der Waals surface area contributed by atoms with Gasteiger partial charge in [-0.3, -0.25) is 9.59 Å². The number of pyridine rings is 1. The third-order valence-corrected chi connectivity index (χ3v) is 3.57. The molecule has 0 spiro atoms. The second-order valence-electron chi connectivity index (χ2n) is 4.71. The molecule has 1 amide bonds. The minimum Gasteiger partial charge on any atom is -0.481 e. The molecule has 6 heteroatoms. The number of aliphatic carboxylic acids is 1. The average molecular weight is 283 g/mol. The number of carbonyl (C=O) groups is 2. The predicted octanol–water partition coefficient (Wildman–Crippen LogP) is 2.11. The van der Waals surface area contributed by atoms with Crippen LogP contribution in [0.25, 0.3) is 0 Å². The molecule has 0 atom stereocenters. The zero-order chi connectivity index (χ0) is 13.8. The van der Waals surface area contributed by atoms with Gasteiger partial charge in [-0.1, -0.05) is 17.7 Å². The van der Waals surface area contributed by atoms with Crippen molar-refractivity contribution in [2.24, 2.45) is 5.92 Å². The highest BCUT2D eigenvalue weighted by molar-refractivity contribution is 6.29. The summed E-state index contributed by atoms with van der Waals surface area (Å²) in [5.74, 6) is -1.29. The number of halogens is 1. The first-order valence-corrected chi connectivity index (χ1v) is 6.60. The van der Waals surface area contributed by atoms with E-state index in [0.717, 1.165) is 0 Å². The molecular formula is C13H15ClN2O3. The minimum atomic E-state index is -0.749. The van der Waals surface area contributed by atoms with Crippen LogP contribution in [0.4, 0.5) is 0 Å². The van der Waals surface area contributed by atoms with E-state index in [1.165, 1.54) is 0 Å². The Morgan fingerprint density at radius 2 is 1.95 bits per heavy atom. The highest BCUT2D eigenvalue weighted by Gasteiger charge is 2.27. The van der Waals surface area contributed by atoms with Crippen molar-refractivity contribution < 1.29 is 14.7 Å². The van der Waals surface area contributed by atoms with Crippen LogP contribution >= 0.6 is 11.6 Å². The Hall–Kier alpha value is -1.62. The summed E-state index contributed by atoms with van der Waals surface area (Å²) in [7, 11) is 0. The van der Waals surface area contributed by atoms with Crippen molar-refractivity contribution in [3.63, 3.8) is 0 Å². The topological polar surface area (TPSA) is 79.3 Å². The number of carboxylic acid groups (broad SMARTS) is 1. The maximum absolute atomic E-state index is 11.9. The number of nitrogens with zero attached hydrogens (tertiary/aromatic N) is 1.